The van der Waals surface area contributed by atoms with Gasteiger partial charge in [0.2, 0.25) is 6.41 Å². The van der Waals surface area contributed by atoms with Gasteiger partial charge in [0, 0.05) is 31.2 Å². The van der Waals surface area contributed by atoms with Crippen LogP contribution >= 0.6 is 23.2 Å². The molecule has 1 fully saturated rings. The van der Waals surface area contributed by atoms with E-state index in [2.05, 4.69) is 0 Å². The van der Waals surface area contributed by atoms with Gasteiger partial charge >= 0.3 is 0 Å². The zero-order chi connectivity index (χ0) is 14.5. The molecule has 0 atom stereocenters. The summed E-state index contributed by atoms with van der Waals surface area (Å²) in [6, 6.07) is 4.84. The lowest BCUT2D eigenvalue weighted by atomic mass is 10.3. The maximum atomic E-state index is 12.0. The van der Waals surface area contributed by atoms with Gasteiger partial charge in [-0.3, -0.25) is 9.59 Å². The molecule has 1 aromatic rings. The number of nitrogens with zero attached hydrogens (tertiary/aromatic N) is 2. The summed E-state index contributed by atoms with van der Waals surface area (Å²) in [6.45, 7) is 2.07. The van der Waals surface area contributed by atoms with E-state index in [0.29, 0.717) is 42.0 Å². The fraction of sp³-hybridized carbons (Fsp3) is 0.385. The molecule has 1 saturated heterocycles. The molecule has 1 aromatic carbocycles. The molecule has 20 heavy (non-hydrogen) atoms. The van der Waals surface area contributed by atoms with Gasteiger partial charge in [0.1, 0.15) is 5.75 Å². The van der Waals surface area contributed by atoms with E-state index in [9.17, 15) is 9.59 Å². The maximum Gasteiger partial charge on any atom is 0.260 e. The molecule has 2 amide bonds. The summed E-state index contributed by atoms with van der Waals surface area (Å²) < 4.78 is 5.40. The van der Waals surface area contributed by atoms with Crippen LogP contribution in [0.15, 0.2) is 18.2 Å². The van der Waals surface area contributed by atoms with Gasteiger partial charge in [-0.15, -0.1) is 0 Å². The van der Waals surface area contributed by atoms with Gasteiger partial charge in [-0.2, -0.15) is 0 Å². The second kappa shape index (κ2) is 6.81. The van der Waals surface area contributed by atoms with Crippen LogP contribution in [0.1, 0.15) is 0 Å². The van der Waals surface area contributed by atoms with Crippen LogP contribution in [-0.4, -0.2) is 54.9 Å². The van der Waals surface area contributed by atoms with E-state index >= 15 is 0 Å². The predicted octanol–water partition coefficient (Wildman–Crippen LogP) is 1.67. The molecule has 0 aromatic heterocycles. The Morgan fingerprint density at radius 1 is 1.25 bits per heavy atom. The molecule has 0 unspecified atom stereocenters. The van der Waals surface area contributed by atoms with Crippen molar-refractivity contribution < 1.29 is 14.3 Å². The molecule has 0 saturated carbocycles. The number of carbonyl (C=O) groups excluding carboxylic acids is 2. The lowest BCUT2D eigenvalue weighted by molar-refractivity contribution is -0.137. The zero-order valence-corrected chi connectivity index (χ0v) is 12.2. The minimum atomic E-state index is -0.124. The quantitative estimate of drug-likeness (QED) is 0.794. The molecule has 2 rings (SSSR count). The van der Waals surface area contributed by atoms with Crippen molar-refractivity contribution >= 4 is 35.5 Å². The van der Waals surface area contributed by atoms with Gasteiger partial charge in [0.25, 0.3) is 5.91 Å². The minimum Gasteiger partial charge on any atom is -0.482 e. The molecule has 1 heterocycles. The third-order valence-electron chi connectivity index (χ3n) is 3.06. The van der Waals surface area contributed by atoms with Crippen LogP contribution in [0.5, 0.6) is 5.75 Å². The van der Waals surface area contributed by atoms with Crippen LogP contribution in [-0.2, 0) is 9.59 Å². The summed E-state index contributed by atoms with van der Waals surface area (Å²) in [5.74, 6) is 0.303. The van der Waals surface area contributed by atoms with Gasteiger partial charge in [-0.25, -0.2) is 0 Å². The Hall–Kier alpha value is -1.46. The summed E-state index contributed by atoms with van der Waals surface area (Å²) in [6.07, 6.45) is 0.797. The Morgan fingerprint density at radius 2 is 1.95 bits per heavy atom. The zero-order valence-electron chi connectivity index (χ0n) is 10.7. The molecule has 108 valence electrons. The van der Waals surface area contributed by atoms with Crippen molar-refractivity contribution in [2.75, 3.05) is 32.8 Å². The molecule has 0 radical (unpaired) electrons. The fourth-order valence-electron chi connectivity index (χ4n) is 1.90. The number of ether oxygens (including phenoxy) is 1. The number of hydrogen-bond donors (Lipinski definition) is 0. The first kappa shape index (κ1) is 14.9. The summed E-state index contributed by atoms with van der Waals surface area (Å²) in [4.78, 5) is 25.9. The Kier molecular flexibility index (Phi) is 5.09. The van der Waals surface area contributed by atoms with Crippen LogP contribution in [0, 0.1) is 0 Å². The Labute approximate surface area is 127 Å². The van der Waals surface area contributed by atoms with Crippen molar-refractivity contribution in [3.63, 3.8) is 0 Å². The van der Waals surface area contributed by atoms with Crippen molar-refractivity contribution in [1.29, 1.82) is 0 Å². The summed E-state index contributed by atoms with van der Waals surface area (Å²) >= 11 is 11.7. The molecule has 0 N–H and O–H groups in total. The highest BCUT2D eigenvalue weighted by atomic mass is 35.5. The predicted molar refractivity (Wildman–Crippen MR) is 76.2 cm³/mol. The number of halogens is 2. The van der Waals surface area contributed by atoms with Gasteiger partial charge in [0.15, 0.2) is 6.61 Å². The molecular weight excluding hydrogens is 303 g/mol. The Balaban J connectivity index is 1.85. The summed E-state index contributed by atoms with van der Waals surface area (Å²) in [5, 5.41) is 0.884. The lowest BCUT2D eigenvalue weighted by Gasteiger charge is -2.32. The second-order valence-corrected chi connectivity index (χ2v) is 5.23. The van der Waals surface area contributed by atoms with E-state index in [0.717, 1.165) is 6.41 Å². The number of rotatable bonds is 4. The number of benzene rings is 1. The van der Waals surface area contributed by atoms with Gasteiger partial charge in [-0.05, 0) is 18.2 Å². The first-order valence-electron chi connectivity index (χ1n) is 6.15. The Bertz CT molecular complexity index is 502. The van der Waals surface area contributed by atoms with Crippen molar-refractivity contribution in [3.8, 4) is 5.75 Å². The average Bonchev–Trinajstić information content (AvgIpc) is 2.46. The highest BCUT2D eigenvalue weighted by Crippen LogP contribution is 2.27. The SMILES string of the molecule is O=CN1CCN(C(=O)COc2ccc(Cl)cc2Cl)CC1. The molecule has 0 aliphatic carbocycles. The lowest BCUT2D eigenvalue weighted by Crippen LogP contribution is -2.49. The van der Waals surface area contributed by atoms with Gasteiger partial charge in [0.05, 0.1) is 5.02 Å². The normalized spacial score (nSPS) is 15.1. The smallest absolute Gasteiger partial charge is 0.260 e. The van der Waals surface area contributed by atoms with Crippen molar-refractivity contribution in [1.82, 2.24) is 9.80 Å². The van der Waals surface area contributed by atoms with E-state index in [1.165, 1.54) is 0 Å². The summed E-state index contributed by atoms with van der Waals surface area (Å²) in [7, 11) is 0. The largest absolute Gasteiger partial charge is 0.482 e. The standard InChI is InChI=1S/C13H14Cl2N2O3/c14-10-1-2-12(11(15)7-10)20-8-13(19)17-5-3-16(9-18)4-6-17/h1-2,7,9H,3-6,8H2. The molecule has 1 aliphatic heterocycles. The summed E-state index contributed by atoms with van der Waals surface area (Å²) in [5.41, 5.74) is 0. The van der Waals surface area contributed by atoms with E-state index in [1.54, 1.807) is 28.0 Å². The van der Waals surface area contributed by atoms with Crippen molar-refractivity contribution in [2.45, 2.75) is 0 Å². The second-order valence-electron chi connectivity index (χ2n) is 4.39. The number of amides is 2. The fourth-order valence-corrected chi connectivity index (χ4v) is 2.36. The molecule has 0 bridgehead atoms. The third-order valence-corrected chi connectivity index (χ3v) is 3.59. The highest BCUT2D eigenvalue weighted by molar-refractivity contribution is 6.35. The van der Waals surface area contributed by atoms with Crippen LogP contribution in [0.3, 0.4) is 0 Å². The van der Waals surface area contributed by atoms with Crippen LogP contribution in [0.4, 0.5) is 0 Å². The number of hydrogen-bond acceptors (Lipinski definition) is 3. The Morgan fingerprint density at radius 3 is 2.55 bits per heavy atom. The van der Waals surface area contributed by atoms with Crippen molar-refractivity contribution in [3.05, 3.63) is 28.2 Å². The van der Waals surface area contributed by atoms with E-state index < -0.39 is 0 Å². The van der Waals surface area contributed by atoms with E-state index in [1.807, 2.05) is 0 Å². The minimum absolute atomic E-state index is 0.0809. The third kappa shape index (κ3) is 3.77. The topological polar surface area (TPSA) is 49.9 Å². The van der Waals surface area contributed by atoms with Gasteiger partial charge in [-0.1, -0.05) is 23.2 Å². The van der Waals surface area contributed by atoms with Crippen LogP contribution < -0.4 is 4.74 Å². The first-order chi connectivity index (χ1) is 9.60. The van der Waals surface area contributed by atoms with E-state index in [4.69, 9.17) is 27.9 Å². The number of carbonyl (C=O) groups is 2. The van der Waals surface area contributed by atoms with Gasteiger partial charge < -0.3 is 14.5 Å². The average molecular weight is 317 g/mol. The monoisotopic (exact) mass is 316 g/mol. The first-order valence-corrected chi connectivity index (χ1v) is 6.90. The molecule has 0 spiro atoms. The highest BCUT2D eigenvalue weighted by Gasteiger charge is 2.20. The molecule has 7 heteroatoms. The molecule has 5 nitrogen and oxygen atoms in total. The van der Waals surface area contributed by atoms with Crippen LogP contribution in [0.2, 0.25) is 10.0 Å². The van der Waals surface area contributed by atoms with Crippen molar-refractivity contribution in [2.24, 2.45) is 0 Å². The maximum absolute atomic E-state index is 12.0. The molecular formula is C13H14Cl2N2O3. The van der Waals surface area contributed by atoms with Crippen LogP contribution in [0.25, 0.3) is 0 Å². The van der Waals surface area contributed by atoms with E-state index in [-0.39, 0.29) is 12.5 Å². The molecule has 1 aliphatic rings. The number of piperazine rings is 1.